The molecule has 8 nitrogen and oxygen atoms in total. The Labute approximate surface area is 246 Å². The average molecular weight is 576 g/mol. The van der Waals surface area contributed by atoms with Crippen LogP contribution in [-0.4, -0.2) is 45.7 Å². The Morgan fingerprint density at radius 1 is 1.12 bits per heavy atom. The molecule has 224 valence electrons. The van der Waals surface area contributed by atoms with E-state index in [9.17, 15) is 24.9 Å². The van der Waals surface area contributed by atoms with E-state index in [1.165, 1.54) is 0 Å². The molecule has 0 amide bonds. The first kappa shape index (κ1) is 30.2. The number of Topliss-reactive ketones (excluding diaryl/α,β-unsaturated/α-hetero) is 1. The summed E-state index contributed by atoms with van der Waals surface area (Å²) in [4.78, 5) is 25.2. The van der Waals surface area contributed by atoms with Crippen LogP contribution in [0.2, 0.25) is 0 Å². The summed E-state index contributed by atoms with van der Waals surface area (Å²) >= 11 is 0. The fourth-order valence-electron chi connectivity index (χ4n) is 7.38. The maximum Gasteiger partial charge on any atom is 0.181 e. The Morgan fingerprint density at radius 3 is 2.62 bits per heavy atom. The molecule has 0 aliphatic heterocycles. The number of ether oxygens (including phenoxy) is 2. The summed E-state index contributed by atoms with van der Waals surface area (Å²) in [5.74, 6) is 0.0451. The van der Waals surface area contributed by atoms with E-state index in [1.807, 2.05) is 6.08 Å². The van der Waals surface area contributed by atoms with Crippen LogP contribution in [0, 0.1) is 29.1 Å². The Balaban J connectivity index is 1.39. The van der Waals surface area contributed by atoms with E-state index in [2.05, 4.69) is 13.8 Å². The van der Waals surface area contributed by atoms with E-state index in [1.54, 1.807) is 60.7 Å². The van der Waals surface area contributed by atoms with Gasteiger partial charge in [0.25, 0.3) is 0 Å². The third-order valence-electron chi connectivity index (χ3n) is 9.61. The van der Waals surface area contributed by atoms with Gasteiger partial charge in [0, 0.05) is 28.5 Å². The molecular weight excluding hydrogens is 534 g/mol. The molecule has 3 aliphatic rings. The van der Waals surface area contributed by atoms with Crippen molar-refractivity contribution in [3.8, 4) is 11.5 Å². The van der Waals surface area contributed by atoms with Gasteiger partial charge in [0.1, 0.15) is 18.1 Å². The van der Waals surface area contributed by atoms with Gasteiger partial charge in [-0.25, -0.2) is 0 Å². The summed E-state index contributed by atoms with van der Waals surface area (Å²) in [6, 6.07) is 13.9. The van der Waals surface area contributed by atoms with Crippen LogP contribution in [0.3, 0.4) is 0 Å². The average Bonchev–Trinajstić information content (AvgIpc) is 3.02. The Morgan fingerprint density at radius 2 is 1.88 bits per heavy atom. The number of benzene rings is 2. The molecule has 8 atom stereocenters. The molecule has 5 rings (SSSR count). The van der Waals surface area contributed by atoms with Gasteiger partial charge in [-0.1, -0.05) is 37.6 Å². The number of aliphatic hydroxyl groups excluding tert-OH is 3. The highest BCUT2D eigenvalue weighted by atomic mass is 16.6. The second-order valence-corrected chi connectivity index (χ2v) is 12.3. The fourth-order valence-corrected chi connectivity index (χ4v) is 7.38. The van der Waals surface area contributed by atoms with Crippen LogP contribution in [0.4, 0.5) is 5.69 Å². The Hall–Kier alpha value is -3.30. The Kier molecular flexibility index (Phi) is 8.99. The number of carbonyl (C=O) groups is 2. The lowest BCUT2D eigenvalue weighted by Crippen LogP contribution is -2.47. The quantitative estimate of drug-likeness (QED) is 0.270. The largest absolute Gasteiger partial charge is 0.457 e. The van der Waals surface area contributed by atoms with Crippen molar-refractivity contribution >= 4 is 17.3 Å². The predicted octanol–water partition coefficient (Wildman–Crippen LogP) is 4.89. The van der Waals surface area contributed by atoms with Gasteiger partial charge in [0.2, 0.25) is 0 Å². The third-order valence-corrected chi connectivity index (χ3v) is 9.61. The summed E-state index contributed by atoms with van der Waals surface area (Å²) in [6.07, 6.45) is 5.25. The van der Waals surface area contributed by atoms with Crippen molar-refractivity contribution in [1.29, 1.82) is 0 Å². The SMILES string of the molecule is CC1C[C@@H](O[C@@H](O)c2cccc(Oc3ccc(N)cc3)c2)[C@H](C(=O)CO)CC[C@H](O)C2[C@H]1CCC1=CC(=O)C=C[C@@]12C. The fraction of sp³-hybridized carbons (Fsp3) is 0.471. The number of aliphatic hydroxyl groups is 3. The lowest BCUT2D eigenvalue weighted by molar-refractivity contribution is -0.169. The van der Waals surface area contributed by atoms with Crippen molar-refractivity contribution in [2.75, 3.05) is 12.3 Å². The second-order valence-electron chi connectivity index (χ2n) is 12.3. The molecule has 2 aromatic carbocycles. The molecule has 0 heterocycles. The van der Waals surface area contributed by atoms with E-state index in [0.29, 0.717) is 42.0 Å². The summed E-state index contributed by atoms with van der Waals surface area (Å²) in [5, 5.41) is 32.6. The number of allylic oxidation sites excluding steroid dienone is 4. The highest BCUT2D eigenvalue weighted by Crippen LogP contribution is 2.55. The van der Waals surface area contributed by atoms with Crippen molar-refractivity contribution < 1.29 is 34.4 Å². The van der Waals surface area contributed by atoms with Crippen LogP contribution >= 0.6 is 0 Å². The summed E-state index contributed by atoms with van der Waals surface area (Å²) in [5.41, 5.74) is 7.46. The lowest BCUT2D eigenvalue weighted by atomic mass is 9.54. The zero-order chi connectivity index (χ0) is 30.0. The summed E-state index contributed by atoms with van der Waals surface area (Å²) in [6.45, 7) is 3.56. The molecule has 2 unspecified atom stereocenters. The van der Waals surface area contributed by atoms with Crippen molar-refractivity contribution in [2.24, 2.45) is 29.1 Å². The minimum atomic E-state index is -1.33. The number of rotatable bonds is 7. The van der Waals surface area contributed by atoms with Gasteiger partial charge in [0.05, 0.1) is 12.2 Å². The number of ketones is 2. The van der Waals surface area contributed by atoms with Crippen LogP contribution in [0.15, 0.2) is 72.3 Å². The van der Waals surface area contributed by atoms with Crippen LogP contribution < -0.4 is 10.5 Å². The van der Waals surface area contributed by atoms with Crippen molar-refractivity contribution in [3.63, 3.8) is 0 Å². The number of anilines is 1. The van der Waals surface area contributed by atoms with E-state index < -0.39 is 36.4 Å². The molecule has 42 heavy (non-hydrogen) atoms. The van der Waals surface area contributed by atoms with Crippen molar-refractivity contribution in [2.45, 2.75) is 64.4 Å². The van der Waals surface area contributed by atoms with E-state index in [-0.39, 0.29) is 29.3 Å². The minimum Gasteiger partial charge on any atom is -0.457 e. The molecule has 8 heteroatoms. The number of hydrogen-bond donors (Lipinski definition) is 4. The molecular formula is C34H41NO7. The van der Waals surface area contributed by atoms with E-state index >= 15 is 0 Å². The van der Waals surface area contributed by atoms with Crippen LogP contribution in [0.1, 0.15) is 57.8 Å². The highest BCUT2D eigenvalue weighted by Gasteiger charge is 2.51. The number of hydrogen-bond acceptors (Lipinski definition) is 8. The van der Waals surface area contributed by atoms with Crippen LogP contribution in [0.5, 0.6) is 11.5 Å². The molecule has 3 aliphatic carbocycles. The van der Waals surface area contributed by atoms with E-state index in [4.69, 9.17) is 15.2 Å². The number of nitrogen functional groups attached to an aromatic ring is 1. The molecule has 0 spiro atoms. The monoisotopic (exact) mass is 575 g/mol. The van der Waals surface area contributed by atoms with Crippen LogP contribution in [0.25, 0.3) is 0 Å². The van der Waals surface area contributed by atoms with E-state index in [0.717, 1.165) is 18.4 Å². The maximum absolute atomic E-state index is 13.0. The third kappa shape index (κ3) is 6.22. The van der Waals surface area contributed by atoms with Crippen molar-refractivity contribution in [3.05, 3.63) is 77.9 Å². The van der Waals surface area contributed by atoms with Gasteiger partial charge in [0.15, 0.2) is 17.9 Å². The molecule has 2 fully saturated rings. The topological polar surface area (TPSA) is 139 Å². The minimum absolute atomic E-state index is 0.0227. The van der Waals surface area contributed by atoms with Gasteiger partial charge in [-0.05, 0) is 92.5 Å². The number of nitrogens with two attached hydrogens (primary N) is 1. The van der Waals surface area contributed by atoms with Gasteiger partial charge in [-0.3, -0.25) is 9.59 Å². The standard InChI is InChI=1S/C34H41NO7/c1-20-16-31(42-33(40)21-4-3-5-26(17-21)41-25-9-7-23(35)8-10-25)28(30(39)19-36)12-13-29(38)32-27(20)11-6-22-18-24(37)14-15-34(22,32)2/h3-5,7-10,14-15,17-18,20,27-29,31-33,36,38,40H,6,11-13,16,19,35H2,1-2H3/t20?,27-,28-,29-,31+,32?,33+,34-/m0/s1. The van der Waals surface area contributed by atoms with Gasteiger partial charge in [-0.15, -0.1) is 0 Å². The maximum atomic E-state index is 13.0. The highest BCUT2D eigenvalue weighted by molar-refractivity contribution is 6.01. The first-order valence-electron chi connectivity index (χ1n) is 14.8. The normalized spacial score (nSPS) is 31.9. The Bertz CT molecular complexity index is 1350. The van der Waals surface area contributed by atoms with Gasteiger partial charge >= 0.3 is 0 Å². The zero-order valence-corrected chi connectivity index (χ0v) is 24.2. The molecule has 0 aromatic heterocycles. The van der Waals surface area contributed by atoms with Gasteiger partial charge in [-0.2, -0.15) is 0 Å². The first-order chi connectivity index (χ1) is 20.1. The zero-order valence-electron chi connectivity index (χ0n) is 24.2. The molecule has 2 saturated carbocycles. The predicted molar refractivity (Wildman–Crippen MR) is 158 cm³/mol. The molecule has 0 bridgehead atoms. The molecule has 5 N–H and O–H groups in total. The molecule has 0 saturated heterocycles. The smallest absolute Gasteiger partial charge is 0.181 e. The second kappa shape index (κ2) is 12.5. The number of carbonyl (C=O) groups excluding carboxylic acids is 2. The summed E-state index contributed by atoms with van der Waals surface area (Å²) < 4.78 is 12.2. The number of fused-ring (bicyclic) bond motifs is 3. The molecule has 2 aromatic rings. The van der Waals surface area contributed by atoms with Crippen molar-refractivity contribution in [1.82, 2.24) is 0 Å². The lowest BCUT2D eigenvalue weighted by Gasteiger charge is -2.51. The summed E-state index contributed by atoms with van der Waals surface area (Å²) in [7, 11) is 0. The van der Waals surface area contributed by atoms with Crippen LogP contribution in [-0.2, 0) is 14.3 Å². The van der Waals surface area contributed by atoms with Gasteiger partial charge < -0.3 is 30.5 Å². The first-order valence-corrected chi connectivity index (χ1v) is 14.8. The molecule has 0 radical (unpaired) electrons.